The highest BCUT2D eigenvalue weighted by Crippen LogP contribution is 2.27. The van der Waals surface area contributed by atoms with Gasteiger partial charge in [0.15, 0.2) is 0 Å². The highest BCUT2D eigenvalue weighted by molar-refractivity contribution is 5.87. The van der Waals surface area contributed by atoms with E-state index in [2.05, 4.69) is 10.6 Å². The number of nitrogens with one attached hydrogen (secondary N) is 2. The number of ether oxygens (including phenoxy) is 1. The summed E-state index contributed by atoms with van der Waals surface area (Å²) in [5.41, 5.74) is 1.18. The van der Waals surface area contributed by atoms with Crippen molar-refractivity contribution < 1.29 is 14.3 Å². The van der Waals surface area contributed by atoms with Crippen LogP contribution in [-0.2, 0) is 9.59 Å². The van der Waals surface area contributed by atoms with Crippen LogP contribution in [0, 0.1) is 12.8 Å². The Kier molecular flexibility index (Phi) is 6.44. The SMILES string of the molecule is CC(=O)NC(C(=O)NCCOc1ccc(C)cc1)C1CCCC1. The maximum Gasteiger partial charge on any atom is 0.242 e. The van der Waals surface area contributed by atoms with Crippen LogP contribution in [0.1, 0.15) is 38.2 Å². The third-order valence-electron chi connectivity index (χ3n) is 4.20. The van der Waals surface area contributed by atoms with Crippen molar-refractivity contribution in [1.82, 2.24) is 10.6 Å². The third kappa shape index (κ3) is 5.58. The molecule has 1 fully saturated rings. The van der Waals surface area contributed by atoms with Crippen LogP contribution in [0.4, 0.5) is 0 Å². The molecule has 0 spiro atoms. The van der Waals surface area contributed by atoms with E-state index in [4.69, 9.17) is 4.74 Å². The lowest BCUT2D eigenvalue weighted by Gasteiger charge is -2.23. The lowest BCUT2D eigenvalue weighted by molar-refractivity contribution is -0.129. The topological polar surface area (TPSA) is 67.4 Å². The van der Waals surface area contributed by atoms with Gasteiger partial charge in [0.05, 0.1) is 6.54 Å². The number of aryl methyl sites for hydroxylation is 1. The molecule has 0 radical (unpaired) electrons. The molecule has 0 bridgehead atoms. The molecule has 1 unspecified atom stereocenters. The lowest BCUT2D eigenvalue weighted by atomic mass is 9.97. The van der Waals surface area contributed by atoms with Crippen molar-refractivity contribution in [3.63, 3.8) is 0 Å². The molecule has 126 valence electrons. The van der Waals surface area contributed by atoms with Crippen molar-refractivity contribution in [2.45, 2.75) is 45.6 Å². The zero-order chi connectivity index (χ0) is 16.7. The molecule has 0 aliphatic heterocycles. The first-order chi connectivity index (χ1) is 11.1. The number of benzene rings is 1. The van der Waals surface area contributed by atoms with Gasteiger partial charge in [0.1, 0.15) is 18.4 Å². The standard InChI is InChI=1S/C18H26N2O3/c1-13-7-9-16(10-8-13)23-12-11-19-18(22)17(20-14(2)21)15-5-3-4-6-15/h7-10,15,17H,3-6,11-12H2,1-2H3,(H,19,22)(H,20,21). The number of carbonyl (C=O) groups excluding carboxylic acids is 2. The van der Waals surface area contributed by atoms with Gasteiger partial charge in [0.2, 0.25) is 11.8 Å². The predicted molar refractivity (Wildman–Crippen MR) is 89.2 cm³/mol. The fourth-order valence-electron chi connectivity index (χ4n) is 2.99. The number of carbonyl (C=O) groups is 2. The van der Waals surface area contributed by atoms with E-state index in [-0.39, 0.29) is 17.7 Å². The van der Waals surface area contributed by atoms with E-state index in [1.165, 1.54) is 12.5 Å². The maximum absolute atomic E-state index is 12.3. The zero-order valence-corrected chi connectivity index (χ0v) is 13.9. The second-order valence-electron chi connectivity index (χ2n) is 6.18. The van der Waals surface area contributed by atoms with E-state index < -0.39 is 6.04 Å². The Morgan fingerprint density at radius 1 is 1.22 bits per heavy atom. The molecule has 1 saturated carbocycles. The second-order valence-corrected chi connectivity index (χ2v) is 6.18. The molecule has 1 aliphatic carbocycles. The van der Waals surface area contributed by atoms with Crippen LogP contribution in [0.25, 0.3) is 0 Å². The fourth-order valence-corrected chi connectivity index (χ4v) is 2.99. The summed E-state index contributed by atoms with van der Waals surface area (Å²) in [6.45, 7) is 4.31. The highest BCUT2D eigenvalue weighted by atomic mass is 16.5. The van der Waals surface area contributed by atoms with E-state index in [1.54, 1.807) is 0 Å². The molecule has 2 N–H and O–H groups in total. The molecule has 5 nitrogen and oxygen atoms in total. The van der Waals surface area contributed by atoms with E-state index in [9.17, 15) is 9.59 Å². The van der Waals surface area contributed by atoms with Crippen molar-refractivity contribution in [3.8, 4) is 5.75 Å². The highest BCUT2D eigenvalue weighted by Gasteiger charge is 2.30. The van der Waals surface area contributed by atoms with E-state index in [1.807, 2.05) is 31.2 Å². The first-order valence-electron chi connectivity index (χ1n) is 8.30. The average Bonchev–Trinajstić information content (AvgIpc) is 3.04. The van der Waals surface area contributed by atoms with Crippen LogP contribution < -0.4 is 15.4 Å². The zero-order valence-electron chi connectivity index (χ0n) is 13.9. The normalized spacial score (nSPS) is 15.9. The molecule has 0 aromatic heterocycles. The summed E-state index contributed by atoms with van der Waals surface area (Å²) in [5.74, 6) is 0.767. The molecule has 1 aromatic carbocycles. The molecule has 1 aliphatic rings. The monoisotopic (exact) mass is 318 g/mol. The Morgan fingerprint density at radius 2 is 1.87 bits per heavy atom. The van der Waals surface area contributed by atoms with Crippen LogP contribution in [-0.4, -0.2) is 31.0 Å². The molecular weight excluding hydrogens is 292 g/mol. The van der Waals surface area contributed by atoms with Crippen molar-refractivity contribution in [2.24, 2.45) is 5.92 Å². The molecule has 2 amide bonds. The third-order valence-corrected chi connectivity index (χ3v) is 4.20. The predicted octanol–water partition coefficient (Wildman–Crippen LogP) is 2.18. The molecule has 23 heavy (non-hydrogen) atoms. The summed E-state index contributed by atoms with van der Waals surface area (Å²) in [6.07, 6.45) is 4.26. The molecule has 1 atom stereocenters. The van der Waals surface area contributed by atoms with Crippen molar-refractivity contribution >= 4 is 11.8 Å². The number of hydrogen-bond acceptors (Lipinski definition) is 3. The van der Waals surface area contributed by atoms with E-state index in [0.29, 0.717) is 13.2 Å². The molecule has 2 rings (SSSR count). The quantitative estimate of drug-likeness (QED) is 0.757. The number of hydrogen-bond donors (Lipinski definition) is 2. The van der Waals surface area contributed by atoms with Crippen LogP contribution in [0.5, 0.6) is 5.75 Å². The number of amides is 2. The van der Waals surface area contributed by atoms with E-state index >= 15 is 0 Å². The first-order valence-corrected chi connectivity index (χ1v) is 8.30. The molecule has 1 aromatic rings. The smallest absolute Gasteiger partial charge is 0.242 e. The number of rotatable bonds is 7. The van der Waals surface area contributed by atoms with Crippen LogP contribution in [0.3, 0.4) is 0 Å². The van der Waals surface area contributed by atoms with Gasteiger partial charge in [-0.1, -0.05) is 30.5 Å². The summed E-state index contributed by atoms with van der Waals surface area (Å²) < 4.78 is 5.60. The molecule has 5 heteroatoms. The Bertz CT molecular complexity index is 522. The minimum atomic E-state index is -0.422. The minimum Gasteiger partial charge on any atom is -0.492 e. The van der Waals surface area contributed by atoms with Gasteiger partial charge >= 0.3 is 0 Å². The Morgan fingerprint density at radius 3 is 2.48 bits per heavy atom. The van der Waals surface area contributed by atoms with Gasteiger partial charge in [0, 0.05) is 6.92 Å². The van der Waals surface area contributed by atoms with Crippen LogP contribution in [0.15, 0.2) is 24.3 Å². The Hall–Kier alpha value is -2.04. The average molecular weight is 318 g/mol. The van der Waals surface area contributed by atoms with Gasteiger partial charge in [-0.25, -0.2) is 0 Å². The van der Waals surface area contributed by atoms with Gasteiger partial charge in [-0.2, -0.15) is 0 Å². The Balaban J connectivity index is 1.76. The summed E-state index contributed by atoms with van der Waals surface area (Å²) in [5, 5.41) is 5.66. The van der Waals surface area contributed by atoms with Crippen molar-refractivity contribution in [2.75, 3.05) is 13.2 Å². The lowest BCUT2D eigenvalue weighted by Crippen LogP contribution is -2.50. The van der Waals surface area contributed by atoms with Gasteiger partial charge in [-0.05, 0) is 37.8 Å². The summed E-state index contributed by atoms with van der Waals surface area (Å²) >= 11 is 0. The molecule has 0 saturated heterocycles. The first kappa shape index (κ1) is 17.3. The summed E-state index contributed by atoms with van der Waals surface area (Å²) in [6, 6.07) is 7.38. The van der Waals surface area contributed by atoms with Gasteiger partial charge < -0.3 is 15.4 Å². The maximum atomic E-state index is 12.3. The fraction of sp³-hybridized carbons (Fsp3) is 0.556. The van der Waals surface area contributed by atoms with Crippen LogP contribution in [0.2, 0.25) is 0 Å². The molecular formula is C18H26N2O3. The summed E-state index contributed by atoms with van der Waals surface area (Å²) in [7, 11) is 0. The van der Waals surface area contributed by atoms with E-state index in [0.717, 1.165) is 31.4 Å². The summed E-state index contributed by atoms with van der Waals surface area (Å²) in [4.78, 5) is 23.7. The van der Waals surface area contributed by atoms with Crippen molar-refractivity contribution in [3.05, 3.63) is 29.8 Å². The van der Waals surface area contributed by atoms with Gasteiger partial charge in [-0.15, -0.1) is 0 Å². The van der Waals surface area contributed by atoms with Gasteiger partial charge in [-0.3, -0.25) is 9.59 Å². The van der Waals surface area contributed by atoms with Gasteiger partial charge in [0.25, 0.3) is 0 Å². The van der Waals surface area contributed by atoms with Crippen LogP contribution >= 0.6 is 0 Å². The largest absolute Gasteiger partial charge is 0.492 e. The molecule has 0 heterocycles. The van der Waals surface area contributed by atoms with Crippen molar-refractivity contribution in [1.29, 1.82) is 0 Å². The second kappa shape index (κ2) is 8.56. The Labute approximate surface area is 137 Å². The minimum absolute atomic E-state index is 0.111.